The molecule has 0 radical (unpaired) electrons. The Balaban J connectivity index is 1.62. The molecule has 4 heterocycles. The minimum absolute atomic E-state index is 0.000555. The van der Waals surface area contributed by atoms with Crippen LogP contribution in [0.2, 0.25) is 0 Å². The number of benzene rings is 2. The minimum atomic E-state index is -3.91. The molecule has 7 rings (SSSR count). The Morgan fingerprint density at radius 3 is 2.51 bits per heavy atom. The lowest BCUT2D eigenvalue weighted by molar-refractivity contribution is 0.476. The minimum Gasteiger partial charge on any atom is -0.372 e. The Labute approximate surface area is 223 Å². The van der Waals surface area contributed by atoms with Crippen LogP contribution in [-0.4, -0.2) is 40.7 Å². The van der Waals surface area contributed by atoms with Crippen molar-refractivity contribution in [1.82, 2.24) is 18.7 Å². The van der Waals surface area contributed by atoms with Crippen molar-refractivity contribution in [3.63, 3.8) is 0 Å². The molecule has 2 aromatic carbocycles. The highest BCUT2D eigenvalue weighted by Gasteiger charge is 2.46. The van der Waals surface area contributed by atoms with Gasteiger partial charge in [0.1, 0.15) is 4.60 Å². The molecule has 1 spiro atoms. The second kappa shape index (κ2) is 7.91. The number of pyridine rings is 1. The molecule has 9 heteroatoms. The molecule has 0 N–H and O–H groups in total. The van der Waals surface area contributed by atoms with Crippen molar-refractivity contribution in [3.05, 3.63) is 71.1 Å². The maximum Gasteiger partial charge on any atom is 0.270 e. The van der Waals surface area contributed by atoms with Gasteiger partial charge in [0, 0.05) is 42.4 Å². The van der Waals surface area contributed by atoms with Gasteiger partial charge in [0.15, 0.2) is 5.65 Å². The molecule has 7 nitrogen and oxygen atoms in total. The van der Waals surface area contributed by atoms with E-state index in [-0.39, 0.29) is 10.3 Å². The molecule has 3 aromatic heterocycles. The number of aryl methyl sites for hydroxylation is 1. The molecular formula is C28H26BrN5O2S. The summed E-state index contributed by atoms with van der Waals surface area (Å²) in [7, 11) is 0.131. The molecule has 0 atom stereocenters. The lowest BCUT2D eigenvalue weighted by Crippen LogP contribution is -2.28. The zero-order valence-corrected chi connectivity index (χ0v) is 23.1. The van der Waals surface area contributed by atoms with E-state index in [0.717, 1.165) is 52.5 Å². The number of hydrogen-bond acceptors (Lipinski definition) is 5. The van der Waals surface area contributed by atoms with E-state index < -0.39 is 10.0 Å². The van der Waals surface area contributed by atoms with Gasteiger partial charge in [0.2, 0.25) is 0 Å². The summed E-state index contributed by atoms with van der Waals surface area (Å²) in [5, 5.41) is 6.35. The first-order valence-electron chi connectivity index (χ1n) is 12.5. The molecule has 1 fully saturated rings. The molecule has 0 bridgehead atoms. The Morgan fingerprint density at radius 1 is 1.00 bits per heavy atom. The summed E-state index contributed by atoms with van der Waals surface area (Å²) in [5.74, 6) is 0. The zero-order chi connectivity index (χ0) is 25.5. The topological polar surface area (TPSA) is 73.0 Å². The van der Waals surface area contributed by atoms with Gasteiger partial charge in [-0.15, -0.1) is 0 Å². The molecule has 0 amide bonds. The van der Waals surface area contributed by atoms with Crippen molar-refractivity contribution in [3.8, 4) is 11.1 Å². The van der Waals surface area contributed by atoms with Crippen LogP contribution in [0.25, 0.3) is 33.1 Å². The molecule has 188 valence electrons. The highest BCUT2D eigenvalue weighted by Crippen LogP contribution is 2.55. The molecular weight excluding hydrogens is 550 g/mol. The Morgan fingerprint density at radius 2 is 1.76 bits per heavy atom. The van der Waals surface area contributed by atoms with Crippen molar-refractivity contribution in [1.29, 1.82) is 0 Å². The Bertz CT molecular complexity index is 1820. The number of fused-ring (bicyclic) bond motifs is 5. The van der Waals surface area contributed by atoms with E-state index in [0.29, 0.717) is 10.3 Å². The van der Waals surface area contributed by atoms with Crippen LogP contribution in [-0.2, 0) is 22.5 Å². The molecule has 37 heavy (non-hydrogen) atoms. The van der Waals surface area contributed by atoms with Gasteiger partial charge in [-0.3, -0.25) is 4.68 Å². The highest BCUT2D eigenvalue weighted by atomic mass is 79.9. The number of nitrogens with zero attached hydrogens (tertiary/aromatic N) is 5. The summed E-state index contributed by atoms with van der Waals surface area (Å²) in [6.07, 6.45) is 8.26. The second-order valence-electron chi connectivity index (χ2n) is 10.4. The van der Waals surface area contributed by atoms with E-state index in [9.17, 15) is 8.42 Å². The average Bonchev–Trinajstić information content (AvgIpc) is 3.64. The first-order valence-corrected chi connectivity index (χ1v) is 14.7. The molecule has 2 aliphatic rings. The van der Waals surface area contributed by atoms with E-state index >= 15 is 0 Å². The fourth-order valence-electron chi connectivity index (χ4n) is 6.58. The lowest BCUT2D eigenvalue weighted by Gasteiger charge is -2.25. The maximum absolute atomic E-state index is 14.1. The summed E-state index contributed by atoms with van der Waals surface area (Å²) >= 11 is 3.76. The Kier molecular flexibility index (Phi) is 4.92. The highest BCUT2D eigenvalue weighted by molar-refractivity contribution is 9.10. The molecule has 5 aromatic rings. The van der Waals surface area contributed by atoms with Crippen molar-refractivity contribution >= 4 is 53.6 Å². The van der Waals surface area contributed by atoms with Gasteiger partial charge < -0.3 is 4.90 Å². The van der Waals surface area contributed by atoms with E-state index in [1.165, 1.54) is 22.4 Å². The van der Waals surface area contributed by atoms with Gasteiger partial charge >= 0.3 is 0 Å². The number of anilines is 1. The summed E-state index contributed by atoms with van der Waals surface area (Å²) in [5.41, 5.74) is 5.64. The van der Waals surface area contributed by atoms with Gasteiger partial charge in [-0.1, -0.05) is 37.1 Å². The van der Waals surface area contributed by atoms with Crippen molar-refractivity contribution in [2.75, 3.05) is 18.5 Å². The number of halogens is 1. The second-order valence-corrected chi connectivity index (χ2v) is 12.9. The third kappa shape index (κ3) is 3.13. The fourth-order valence-corrected chi connectivity index (χ4v) is 9.13. The number of likely N-dealkylation sites (N-methyl/N-ethyl adjacent to an activating group) is 1. The van der Waals surface area contributed by atoms with Gasteiger partial charge in [-0.25, -0.2) is 17.4 Å². The van der Waals surface area contributed by atoms with Crippen LogP contribution in [0.5, 0.6) is 0 Å². The van der Waals surface area contributed by atoms with Crippen LogP contribution in [0, 0.1) is 0 Å². The van der Waals surface area contributed by atoms with E-state index in [1.54, 1.807) is 24.3 Å². The summed E-state index contributed by atoms with van der Waals surface area (Å²) < 4.78 is 31.9. The van der Waals surface area contributed by atoms with Crippen LogP contribution in [0.1, 0.15) is 31.2 Å². The van der Waals surface area contributed by atoms with E-state index in [1.807, 2.05) is 36.3 Å². The molecule has 0 saturated heterocycles. The lowest BCUT2D eigenvalue weighted by atomic mass is 9.79. The molecule has 1 aliphatic carbocycles. The summed E-state index contributed by atoms with van der Waals surface area (Å²) in [6.45, 7) is 0.929. The normalized spacial score (nSPS) is 16.9. The number of rotatable bonds is 3. The fraction of sp³-hybridized carbons (Fsp3) is 0.286. The van der Waals surface area contributed by atoms with Gasteiger partial charge in [0.05, 0.1) is 28.5 Å². The third-order valence-corrected chi connectivity index (χ3v) is 10.9. The smallest absolute Gasteiger partial charge is 0.270 e. The molecule has 1 aliphatic heterocycles. The number of hydrogen-bond donors (Lipinski definition) is 0. The van der Waals surface area contributed by atoms with E-state index in [4.69, 9.17) is 4.98 Å². The van der Waals surface area contributed by atoms with Crippen molar-refractivity contribution in [2.24, 2.45) is 7.05 Å². The monoisotopic (exact) mass is 575 g/mol. The zero-order valence-electron chi connectivity index (χ0n) is 20.6. The first kappa shape index (κ1) is 23.0. The van der Waals surface area contributed by atoms with Crippen molar-refractivity contribution < 1.29 is 8.42 Å². The van der Waals surface area contributed by atoms with Crippen molar-refractivity contribution in [2.45, 2.75) is 36.0 Å². The summed E-state index contributed by atoms with van der Waals surface area (Å²) in [6, 6.07) is 14.8. The van der Waals surface area contributed by atoms with Gasteiger partial charge in [-0.05, 0) is 64.2 Å². The average molecular weight is 577 g/mol. The third-order valence-electron chi connectivity index (χ3n) is 8.22. The maximum atomic E-state index is 14.1. The van der Waals surface area contributed by atoms with Gasteiger partial charge in [0.25, 0.3) is 10.0 Å². The van der Waals surface area contributed by atoms with Crippen LogP contribution < -0.4 is 4.90 Å². The van der Waals surface area contributed by atoms with Crippen LogP contribution >= 0.6 is 15.9 Å². The Hall–Kier alpha value is -3.17. The van der Waals surface area contributed by atoms with Crippen LogP contribution in [0.3, 0.4) is 0 Å². The van der Waals surface area contributed by atoms with E-state index in [2.05, 4.69) is 45.1 Å². The molecule has 0 unspecified atom stereocenters. The largest absolute Gasteiger partial charge is 0.372 e. The standard InChI is InChI=1S/C28H26BrN5O2S/c1-32-17-28(12-6-7-13-28)25-22(32)16-30-27-24(25)23(18-10-11-21-19(14-18)15-31-33(21)2)26(29)34(27)37(35,36)20-8-4-3-5-9-20/h3-5,8-11,14-16H,6-7,12-13,17H2,1-2H3. The van der Waals surface area contributed by atoms with Crippen LogP contribution in [0.15, 0.2) is 70.4 Å². The van der Waals surface area contributed by atoms with Crippen LogP contribution in [0.4, 0.5) is 5.69 Å². The first-order chi connectivity index (χ1) is 17.8. The summed E-state index contributed by atoms with van der Waals surface area (Å²) in [4.78, 5) is 7.34. The quantitative estimate of drug-likeness (QED) is 0.270. The SMILES string of the molecule is CN1CC2(CCCC2)c2c1cnc1c2c(-c2ccc3c(cnn3C)c2)c(Br)n1S(=O)(=O)c1ccccc1. The van der Waals surface area contributed by atoms with Gasteiger partial charge in [-0.2, -0.15) is 5.10 Å². The number of aromatic nitrogens is 4. The predicted molar refractivity (Wildman–Crippen MR) is 150 cm³/mol. The molecule has 1 saturated carbocycles. The predicted octanol–water partition coefficient (Wildman–Crippen LogP) is 5.85.